The minimum absolute atomic E-state index is 0.597. The van der Waals surface area contributed by atoms with Crippen LogP contribution in [0.3, 0.4) is 0 Å². The van der Waals surface area contributed by atoms with Gasteiger partial charge in [0.1, 0.15) is 12.2 Å². The lowest BCUT2D eigenvalue weighted by molar-refractivity contribution is 0.245. The van der Waals surface area contributed by atoms with E-state index in [9.17, 15) is 0 Å². The highest BCUT2D eigenvalue weighted by molar-refractivity contribution is 4.86. The van der Waals surface area contributed by atoms with Crippen molar-refractivity contribution in [1.82, 2.24) is 24.6 Å². The fourth-order valence-corrected chi connectivity index (χ4v) is 2.70. The molecule has 0 unspecified atom stereocenters. The van der Waals surface area contributed by atoms with Gasteiger partial charge in [-0.05, 0) is 25.4 Å². The molecule has 2 heterocycles. The Morgan fingerprint density at radius 1 is 1.20 bits per heavy atom. The smallest absolute Gasteiger partial charge is 0.141 e. The van der Waals surface area contributed by atoms with Crippen molar-refractivity contribution in [2.45, 2.75) is 33.4 Å². The molecule has 1 aliphatic heterocycles. The van der Waals surface area contributed by atoms with E-state index in [0.29, 0.717) is 5.92 Å². The molecular weight excluding hydrogens is 252 g/mol. The number of rotatable bonds is 6. The maximum atomic E-state index is 5.64. The lowest BCUT2D eigenvalue weighted by Gasteiger charge is -2.21. The van der Waals surface area contributed by atoms with Crippen molar-refractivity contribution in [2.24, 2.45) is 11.7 Å². The topological polar surface area (TPSA) is 63.2 Å². The Kier molecular flexibility index (Phi) is 5.94. The first-order chi connectivity index (χ1) is 9.69. The zero-order valence-corrected chi connectivity index (χ0v) is 12.8. The molecule has 1 aromatic rings. The van der Waals surface area contributed by atoms with E-state index < -0.39 is 0 Å². The first-order valence-corrected chi connectivity index (χ1v) is 7.70. The minimum Gasteiger partial charge on any atom is -0.329 e. The van der Waals surface area contributed by atoms with Crippen LogP contribution in [0, 0.1) is 5.92 Å². The summed E-state index contributed by atoms with van der Waals surface area (Å²) in [5.41, 5.74) is 5.64. The first kappa shape index (κ1) is 15.4. The van der Waals surface area contributed by atoms with Crippen LogP contribution in [0.15, 0.2) is 6.33 Å². The van der Waals surface area contributed by atoms with Crippen LogP contribution in [-0.2, 0) is 13.1 Å². The van der Waals surface area contributed by atoms with Crippen molar-refractivity contribution >= 4 is 0 Å². The maximum Gasteiger partial charge on any atom is 0.141 e. The van der Waals surface area contributed by atoms with Crippen molar-refractivity contribution in [1.29, 1.82) is 0 Å². The van der Waals surface area contributed by atoms with Gasteiger partial charge in [0.05, 0.1) is 6.54 Å². The zero-order valence-electron chi connectivity index (χ0n) is 12.8. The number of nitrogens with two attached hydrogens (primary N) is 1. The normalized spacial score (nSPS) is 18.6. The van der Waals surface area contributed by atoms with Crippen molar-refractivity contribution < 1.29 is 0 Å². The van der Waals surface area contributed by atoms with Crippen LogP contribution in [0.25, 0.3) is 0 Å². The van der Waals surface area contributed by atoms with E-state index in [1.807, 2.05) is 4.68 Å². The second kappa shape index (κ2) is 7.71. The molecule has 1 aliphatic rings. The van der Waals surface area contributed by atoms with E-state index in [2.05, 4.69) is 33.7 Å². The molecule has 6 nitrogen and oxygen atoms in total. The first-order valence-electron chi connectivity index (χ1n) is 7.70. The molecule has 20 heavy (non-hydrogen) atoms. The van der Waals surface area contributed by atoms with Crippen molar-refractivity contribution in [2.75, 3.05) is 39.3 Å². The summed E-state index contributed by atoms with van der Waals surface area (Å²) in [6, 6.07) is 0. The van der Waals surface area contributed by atoms with E-state index in [1.54, 1.807) is 6.33 Å². The number of hydrogen-bond donors (Lipinski definition) is 1. The van der Waals surface area contributed by atoms with Gasteiger partial charge in [0, 0.05) is 32.7 Å². The molecule has 2 N–H and O–H groups in total. The highest BCUT2D eigenvalue weighted by atomic mass is 15.4. The van der Waals surface area contributed by atoms with Gasteiger partial charge in [-0.1, -0.05) is 13.8 Å². The van der Waals surface area contributed by atoms with Gasteiger partial charge in [0.2, 0.25) is 0 Å². The number of nitrogens with zero attached hydrogens (tertiary/aromatic N) is 5. The van der Waals surface area contributed by atoms with E-state index >= 15 is 0 Å². The van der Waals surface area contributed by atoms with Gasteiger partial charge in [0.15, 0.2) is 0 Å². The Labute approximate surface area is 121 Å². The minimum atomic E-state index is 0.597. The monoisotopic (exact) mass is 280 g/mol. The third kappa shape index (κ3) is 4.54. The van der Waals surface area contributed by atoms with Crippen LogP contribution >= 0.6 is 0 Å². The van der Waals surface area contributed by atoms with Crippen molar-refractivity contribution in [3.8, 4) is 0 Å². The van der Waals surface area contributed by atoms with Crippen LogP contribution in [0.5, 0.6) is 0 Å². The van der Waals surface area contributed by atoms with Gasteiger partial charge in [-0.15, -0.1) is 0 Å². The molecule has 114 valence electrons. The predicted octanol–water partition coefficient (Wildman–Crippen LogP) is 0.401. The Hall–Kier alpha value is -0.980. The summed E-state index contributed by atoms with van der Waals surface area (Å²) < 4.78 is 2.05. The summed E-state index contributed by atoms with van der Waals surface area (Å²) in [5.74, 6) is 1.69. The van der Waals surface area contributed by atoms with Crippen molar-refractivity contribution in [3.05, 3.63) is 12.2 Å². The van der Waals surface area contributed by atoms with Crippen LogP contribution in [0.4, 0.5) is 0 Å². The van der Waals surface area contributed by atoms with E-state index in [1.165, 1.54) is 6.42 Å². The zero-order chi connectivity index (χ0) is 14.4. The van der Waals surface area contributed by atoms with E-state index in [4.69, 9.17) is 5.73 Å². The molecule has 0 amide bonds. The van der Waals surface area contributed by atoms with Crippen LogP contribution in [0.1, 0.15) is 26.1 Å². The van der Waals surface area contributed by atoms with Gasteiger partial charge in [-0.25, -0.2) is 9.67 Å². The van der Waals surface area contributed by atoms with Gasteiger partial charge >= 0.3 is 0 Å². The summed E-state index contributed by atoms with van der Waals surface area (Å²) in [4.78, 5) is 9.37. The molecule has 0 bridgehead atoms. The Morgan fingerprint density at radius 2 is 1.95 bits per heavy atom. The molecule has 0 aliphatic carbocycles. The number of hydrogen-bond acceptors (Lipinski definition) is 5. The highest BCUT2D eigenvalue weighted by Gasteiger charge is 2.16. The van der Waals surface area contributed by atoms with Crippen LogP contribution < -0.4 is 5.73 Å². The van der Waals surface area contributed by atoms with Gasteiger partial charge in [-0.2, -0.15) is 5.10 Å². The van der Waals surface area contributed by atoms with Crippen LogP contribution in [0.2, 0.25) is 0 Å². The molecule has 6 heteroatoms. The third-order valence-corrected chi connectivity index (χ3v) is 3.73. The molecule has 0 radical (unpaired) electrons. The highest BCUT2D eigenvalue weighted by Crippen LogP contribution is 2.08. The Morgan fingerprint density at radius 3 is 2.70 bits per heavy atom. The molecule has 1 saturated heterocycles. The quantitative estimate of drug-likeness (QED) is 0.817. The molecule has 1 fully saturated rings. The maximum absolute atomic E-state index is 5.64. The van der Waals surface area contributed by atoms with Gasteiger partial charge < -0.3 is 10.6 Å². The standard InChI is InChI=1S/C14H28N6/c1-13(2)10-20-14(16-12-17-20)11-19-6-3-5-18(7-4-15)8-9-19/h12-13H,3-11,15H2,1-2H3. The van der Waals surface area contributed by atoms with E-state index in [-0.39, 0.29) is 0 Å². The fraction of sp³-hybridized carbons (Fsp3) is 0.857. The summed E-state index contributed by atoms with van der Waals surface area (Å²) in [5, 5.41) is 4.34. The third-order valence-electron chi connectivity index (χ3n) is 3.73. The molecular formula is C14H28N6. The molecule has 0 aromatic carbocycles. The summed E-state index contributed by atoms with van der Waals surface area (Å²) in [7, 11) is 0. The van der Waals surface area contributed by atoms with Crippen LogP contribution in [-0.4, -0.2) is 63.8 Å². The lowest BCUT2D eigenvalue weighted by atomic mass is 10.2. The second-order valence-electron chi connectivity index (χ2n) is 6.01. The second-order valence-corrected chi connectivity index (χ2v) is 6.01. The molecule has 1 aromatic heterocycles. The molecule has 2 rings (SSSR count). The Bertz CT molecular complexity index is 389. The molecule has 0 spiro atoms. The van der Waals surface area contributed by atoms with E-state index in [0.717, 1.165) is 58.2 Å². The molecule has 0 saturated carbocycles. The number of aromatic nitrogens is 3. The Balaban J connectivity index is 1.88. The fourth-order valence-electron chi connectivity index (χ4n) is 2.70. The summed E-state index contributed by atoms with van der Waals surface area (Å²) in [6.07, 6.45) is 2.88. The van der Waals surface area contributed by atoms with Crippen molar-refractivity contribution in [3.63, 3.8) is 0 Å². The lowest BCUT2D eigenvalue weighted by Crippen LogP contribution is -2.34. The average molecular weight is 280 g/mol. The average Bonchev–Trinajstić information content (AvgIpc) is 2.69. The summed E-state index contributed by atoms with van der Waals surface area (Å²) in [6.45, 7) is 12.5. The van der Waals surface area contributed by atoms with Gasteiger partial charge in [0.25, 0.3) is 0 Å². The largest absolute Gasteiger partial charge is 0.329 e. The SMILES string of the molecule is CC(C)Cn1ncnc1CN1CCCN(CCN)CC1. The van der Waals surface area contributed by atoms with Gasteiger partial charge in [-0.3, -0.25) is 4.90 Å². The summed E-state index contributed by atoms with van der Waals surface area (Å²) >= 11 is 0. The molecule has 0 atom stereocenters. The predicted molar refractivity (Wildman–Crippen MR) is 80.2 cm³/mol.